The van der Waals surface area contributed by atoms with Crippen molar-refractivity contribution in [3.63, 3.8) is 0 Å². The molecular weight excluding hydrogens is 446 g/mol. The third-order valence-corrected chi connectivity index (χ3v) is 6.73. The normalized spacial score (nSPS) is 15.3. The highest BCUT2D eigenvalue weighted by Gasteiger charge is 2.28. The van der Waals surface area contributed by atoms with Gasteiger partial charge in [-0.25, -0.2) is 4.79 Å². The van der Waals surface area contributed by atoms with E-state index < -0.39 is 17.1 Å². The second-order valence-corrected chi connectivity index (χ2v) is 8.56. The minimum atomic E-state index is -0.702. The number of methoxy groups -OCH3 is 3. The Balaban J connectivity index is 1.91. The topological polar surface area (TPSA) is 115 Å². The van der Waals surface area contributed by atoms with Gasteiger partial charge in [-0.1, -0.05) is 12.1 Å². The van der Waals surface area contributed by atoms with Crippen LogP contribution in [-0.2, 0) is 7.05 Å². The summed E-state index contributed by atoms with van der Waals surface area (Å²) in [7, 11) is 6.01. The molecule has 10 heteroatoms. The number of hydrogen-bond acceptors (Lipinski definition) is 8. The number of fused-ring (bicyclic) bond motifs is 1. The lowest BCUT2D eigenvalue weighted by Gasteiger charge is -2.20. The second-order valence-electron chi connectivity index (χ2n) is 7.31. The largest absolute Gasteiger partial charge is 0.494 e. The number of benzene rings is 2. The Kier molecular flexibility index (Phi) is 6.19. The first-order valence-corrected chi connectivity index (χ1v) is 10.9. The third kappa shape index (κ3) is 4.09. The first-order chi connectivity index (χ1) is 15.9. The maximum absolute atomic E-state index is 12.7. The van der Waals surface area contributed by atoms with E-state index in [4.69, 9.17) is 19.2 Å². The third-order valence-electron chi connectivity index (χ3n) is 5.41. The van der Waals surface area contributed by atoms with E-state index in [0.29, 0.717) is 35.1 Å². The minimum absolute atomic E-state index is 0.0353. The molecule has 1 atom stereocenters. The monoisotopic (exact) mass is 469 g/mol. The Morgan fingerprint density at radius 1 is 1.09 bits per heavy atom. The number of ether oxygens (including phenoxy) is 3. The van der Waals surface area contributed by atoms with Crippen LogP contribution >= 0.6 is 11.8 Å². The summed E-state index contributed by atoms with van der Waals surface area (Å²) in [5.41, 5.74) is 0.459. The van der Waals surface area contributed by atoms with Gasteiger partial charge in [-0.2, -0.15) is 0 Å². The fourth-order valence-electron chi connectivity index (χ4n) is 3.71. The molecule has 0 fully saturated rings. The van der Waals surface area contributed by atoms with Crippen molar-refractivity contribution in [2.24, 2.45) is 12.0 Å². The van der Waals surface area contributed by atoms with Crippen LogP contribution in [-0.4, -0.2) is 41.7 Å². The van der Waals surface area contributed by atoms with E-state index in [1.165, 1.54) is 14.2 Å². The van der Waals surface area contributed by atoms with Crippen molar-refractivity contribution in [3.8, 4) is 23.1 Å². The van der Waals surface area contributed by atoms with Gasteiger partial charge in [0.05, 0.1) is 32.7 Å². The summed E-state index contributed by atoms with van der Waals surface area (Å²) in [5, 5.41) is 10.4. The van der Waals surface area contributed by atoms with Gasteiger partial charge < -0.3 is 19.3 Å². The van der Waals surface area contributed by atoms with E-state index in [2.05, 4.69) is 4.98 Å². The Morgan fingerprint density at radius 3 is 2.39 bits per heavy atom. The van der Waals surface area contributed by atoms with Crippen molar-refractivity contribution in [2.75, 3.05) is 21.3 Å². The molecule has 33 heavy (non-hydrogen) atoms. The molecule has 1 aliphatic rings. The van der Waals surface area contributed by atoms with E-state index in [9.17, 15) is 14.7 Å². The Morgan fingerprint density at radius 2 is 1.76 bits per heavy atom. The Hall–Kier alpha value is -3.66. The van der Waals surface area contributed by atoms with Crippen molar-refractivity contribution in [2.45, 2.75) is 16.6 Å². The second kappa shape index (κ2) is 9.07. The molecule has 0 spiro atoms. The zero-order valence-corrected chi connectivity index (χ0v) is 19.4. The average Bonchev–Trinajstić information content (AvgIpc) is 3.01. The van der Waals surface area contributed by atoms with Crippen molar-refractivity contribution >= 4 is 23.2 Å². The number of nitrogens with zero attached hydrogens (tertiary/aromatic N) is 2. The zero-order chi connectivity index (χ0) is 23.7. The fourth-order valence-corrected chi connectivity index (χ4v) is 4.92. The Bertz CT molecular complexity index is 1340. The minimum Gasteiger partial charge on any atom is -0.494 e. The van der Waals surface area contributed by atoms with Gasteiger partial charge in [0, 0.05) is 23.6 Å². The van der Waals surface area contributed by atoms with Crippen molar-refractivity contribution < 1.29 is 19.3 Å². The highest BCUT2D eigenvalue weighted by Crippen LogP contribution is 2.49. The predicted octanol–water partition coefficient (Wildman–Crippen LogP) is 3.16. The van der Waals surface area contributed by atoms with Gasteiger partial charge in [-0.3, -0.25) is 19.3 Å². The van der Waals surface area contributed by atoms with Crippen LogP contribution in [0.2, 0.25) is 0 Å². The van der Waals surface area contributed by atoms with Crippen LogP contribution in [0.25, 0.3) is 0 Å². The van der Waals surface area contributed by atoms with Crippen LogP contribution in [0.3, 0.4) is 0 Å². The van der Waals surface area contributed by atoms with Crippen LogP contribution in [0.5, 0.6) is 23.1 Å². The summed E-state index contributed by atoms with van der Waals surface area (Å²) in [4.78, 5) is 32.5. The number of para-hydroxylation sites is 1. The number of aromatic nitrogens is 2. The highest BCUT2D eigenvalue weighted by molar-refractivity contribution is 7.99. The van der Waals surface area contributed by atoms with Crippen molar-refractivity contribution in [1.29, 1.82) is 0 Å². The number of aromatic amines is 1. The van der Waals surface area contributed by atoms with E-state index >= 15 is 0 Å². The molecular formula is C23H23N3O6S. The lowest BCUT2D eigenvalue weighted by molar-refractivity contribution is 0.324. The van der Waals surface area contributed by atoms with E-state index in [1.807, 2.05) is 36.4 Å². The summed E-state index contributed by atoms with van der Waals surface area (Å²) in [6, 6.07) is 11.3. The summed E-state index contributed by atoms with van der Waals surface area (Å²) in [6.45, 7) is 0. The molecule has 4 rings (SSSR count). The average molecular weight is 470 g/mol. The molecule has 3 aromatic rings. The summed E-state index contributed by atoms with van der Waals surface area (Å²) in [6.07, 6.45) is 0.298. The number of aromatic hydroxyl groups is 1. The molecule has 2 aromatic carbocycles. The van der Waals surface area contributed by atoms with Gasteiger partial charge in [-0.15, -0.1) is 11.8 Å². The van der Waals surface area contributed by atoms with Gasteiger partial charge in [0.1, 0.15) is 5.56 Å². The van der Waals surface area contributed by atoms with Crippen LogP contribution in [0.4, 0.5) is 5.69 Å². The molecule has 0 aliphatic carbocycles. The van der Waals surface area contributed by atoms with Gasteiger partial charge in [-0.05, 0) is 29.8 Å². The maximum Gasteiger partial charge on any atom is 0.330 e. The molecule has 0 saturated heterocycles. The first kappa shape index (κ1) is 22.5. The lowest BCUT2D eigenvalue weighted by atomic mass is 10.0. The highest BCUT2D eigenvalue weighted by atomic mass is 32.2. The molecule has 0 saturated carbocycles. The van der Waals surface area contributed by atoms with Crippen LogP contribution < -0.4 is 25.5 Å². The molecule has 1 unspecified atom stereocenters. The molecule has 2 N–H and O–H groups in total. The van der Waals surface area contributed by atoms with Crippen LogP contribution in [0.1, 0.15) is 22.8 Å². The Labute approximate surface area is 193 Å². The summed E-state index contributed by atoms with van der Waals surface area (Å²) in [5.74, 6) is 1.05. The molecule has 172 valence electrons. The summed E-state index contributed by atoms with van der Waals surface area (Å²) < 4.78 is 17.4. The predicted molar refractivity (Wildman–Crippen MR) is 126 cm³/mol. The molecule has 1 aromatic heterocycles. The molecule has 0 bridgehead atoms. The van der Waals surface area contributed by atoms with Gasteiger partial charge in [0.2, 0.25) is 11.6 Å². The first-order valence-electron chi connectivity index (χ1n) is 10.0. The van der Waals surface area contributed by atoms with Gasteiger partial charge in [0.25, 0.3) is 5.56 Å². The van der Waals surface area contributed by atoms with Crippen LogP contribution in [0, 0.1) is 0 Å². The van der Waals surface area contributed by atoms with Crippen molar-refractivity contribution in [1.82, 2.24) is 9.55 Å². The standard InChI is InChI=1S/C23H23N3O6S/c1-26-22(28)19(21(27)25-23(26)29)14-11-18(33-17-8-6-5-7-13(17)24-14)12-9-15(30-2)20(32-4)16(10-12)31-3/h5-10,18,28H,11H2,1-4H3,(H,25,27,29). The quantitative estimate of drug-likeness (QED) is 0.590. The summed E-state index contributed by atoms with van der Waals surface area (Å²) >= 11 is 1.57. The molecule has 2 heterocycles. The maximum atomic E-state index is 12.7. The lowest BCUT2D eigenvalue weighted by Crippen LogP contribution is -2.32. The van der Waals surface area contributed by atoms with Crippen LogP contribution in [0.15, 0.2) is 55.9 Å². The van der Waals surface area contributed by atoms with E-state index in [0.717, 1.165) is 15.0 Å². The number of aliphatic imine (C=N–C) groups is 1. The number of hydrogen-bond donors (Lipinski definition) is 2. The van der Waals surface area contributed by atoms with Gasteiger partial charge in [0.15, 0.2) is 11.5 Å². The molecule has 0 amide bonds. The molecule has 9 nitrogen and oxygen atoms in total. The fraction of sp³-hybridized carbons (Fsp3) is 0.261. The number of nitrogens with one attached hydrogen (secondary N) is 1. The van der Waals surface area contributed by atoms with Gasteiger partial charge >= 0.3 is 5.69 Å². The van der Waals surface area contributed by atoms with E-state index in [1.54, 1.807) is 26.0 Å². The SMILES string of the molecule is COc1cc(C2CC(c3c(O)n(C)c(=O)[nH]c3=O)=Nc3ccccc3S2)cc(OC)c1OC. The van der Waals surface area contributed by atoms with Crippen molar-refractivity contribution in [3.05, 3.63) is 68.4 Å². The molecule has 1 aliphatic heterocycles. The molecule has 0 radical (unpaired) electrons. The smallest absolute Gasteiger partial charge is 0.330 e. The number of rotatable bonds is 5. The van der Waals surface area contributed by atoms with E-state index in [-0.39, 0.29) is 10.8 Å². The number of thioether (sulfide) groups is 1. The zero-order valence-electron chi connectivity index (χ0n) is 18.5. The number of H-pyrrole nitrogens is 1.